The molecule has 0 saturated heterocycles. The fourth-order valence-electron chi connectivity index (χ4n) is 1.64. The van der Waals surface area contributed by atoms with Crippen molar-refractivity contribution < 1.29 is 18.7 Å². The van der Waals surface area contributed by atoms with Gasteiger partial charge in [-0.05, 0) is 38.2 Å². The van der Waals surface area contributed by atoms with Crippen molar-refractivity contribution in [1.29, 1.82) is 0 Å². The van der Waals surface area contributed by atoms with Gasteiger partial charge in [0.15, 0.2) is 5.83 Å². The summed E-state index contributed by atoms with van der Waals surface area (Å²) in [5.74, 6) is -1.65. The average molecular weight is 228 g/mol. The Labute approximate surface area is 94.9 Å². The van der Waals surface area contributed by atoms with E-state index in [1.54, 1.807) is 6.92 Å². The number of hydrogen-bond donors (Lipinski definition) is 0. The second-order valence-electron chi connectivity index (χ2n) is 3.54. The molecule has 0 aromatic heterocycles. The molecule has 0 spiro atoms. The van der Waals surface area contributed by atoms with E-state index in [2.05, 4.69) is 0 Å². The monoisotopic (exact) mass is 228 g/mol. The number of esters is 1. The van der Waals surface area contributed by atoms with Crippen LogP contribution >= 0.6 is 0 Å². The van der Waals surface area contributed by atoms with Gasteiger partial charge in [-0.25, -0.2) is 9.18 Å². The number of carbonyl (C=O) groups is 1. The zero-order chi connectivity index (χ0) is 12.0. The zero-order valence-electron chi connectivity index (χ0n) is 9.72. The molecule has 1 aliphatic carbocycles. The predicted molar refractivity (Wildman–Crippen MR) is 58.3 cm³/mol. The van der Waals surface area contributed by atoms with Gasteiger partial charge in [-0.1, -0.05) is 6.08 Å². The first kappa shape index (κ1) is 12.7. The highest BCUT2D eigenvalue weighted by Gasteiger charge is 2.21. The minimum atomic E-state index is -0.742. The van der Waals surface area contributed by atoms with Crippen LogP contribution in [0.3, 0.4) is 0 Å². The maximum atomic E-state index is 13.9. The summed E-state index contributed by atoms with van der Waals surface area (Å²) in [5, 5.41) is 0. The zero-order valence-corrected chi connectivity index (χ0v) is 9.72. The summed E-state index contributed by atoms with van der Waals surface area (Å²) < 4.78 is 23.4. The van der Waals surface area contributed by atoms with Crippen LogP contribution in [0.25, 0.3) is 0 Å². The minimum absolute atomic E-state index is 0.206. The highest BCUT2D eigenvalue weighted by molar-refractivity contribution is 5.87. The minimum Gasteiger partial charge on any atom is -0.488 e. The fraction of sp³-hybridized carbons (Fsp3) is 0.583. The van der Waals surface area contributed by atoms with E-state index in [4.69, 9.17) is 9.47 Å². The van der Waals surface area contributed by atoms with Gasteiger partial charge >= 0.3 is 5.97 Å². The van der Waals surface area contributed by atoms with Gasteiger partial charge in [0.05, 0.1) is 13.7 Å². The van der Waals surface area contributed by atoms with Crippen LogP contribution in [0, 0.1) is 0 Å². The lowest BCUT2D eigenvalue weighted by molar-refractivity contribution is -0.142. The van der Waals surface area contributed by atoms with Crippen LogP contribution in [0.1, 0.15) is 32.6 Å². The smallest absolute Gasteiger partial charge is 0.376 e. The number of allylic oxidation sites excluding steroid dienone is 3. The molecule has 0 unspecified atom stereocenters. The quantitative estimate of drug-likeness (QED) is 0.421. The largest absolute Gasteiger partial charge is 0.488 e. The fourth-order valence-corrected chi connectivity index (χ4v) is 1.64. The van der Waals surface area contributed by atoms with Crippen LogP contribution in [-0.2, 0) is 14.3 Å². The number of rotatable bonds is 4. The van der Waals surface area contributed by atoms with Crippen LogP contribution in [-0.4, -0.2) is 19.7 Å². The Morgan fingerprint density at radius 2 is 2.25 bits per heavy atom. The van der Waals surface area contributed by atoms with Crippen molar-refractivity contribution in [3.63, 3.8) is 0 Å². The van der Waals surface area contributed by atoms with Gasteiger partial charge < -0.3 is 9.47 Å². The summed E-state index contributed by atoms with van der Waals surface area (Å²) in [4.78, 5) is 11.4. The Kier molecular flexibility index (Phi) is 5.02. The molecule has 0 amide bonds. The summed E-state index contributed by atoms with van der Waals surface area (Å²) in [6.45, 7) is 1.88. The molecule has 0 fully saturated rings. The molecule has 0 heterocycles. The van der Waals surface area contributed by atoms with Crippen LogP contribution in [0.2, 0.25) is 0 Å². The molecule has 4 heteroatoms. The second-order valence-corrected chi connectivity index (χ2v) is 3.54. The van der Waals surface area contributed by atoms with Crippen LogP contribution in [0.5, 0.6) is 0 Å². The maximum absolute atomic E-state index is 13.9. The van der Waals surface area contributed by atoms with Crippen molar-refractivity contribution in [3.05, 3.63) is 23.2 Å². The Bertz CT molecular complexity index is 318. The summed E-state index contributed by atoms with van der Waals surface area (Å²) in [5.41, 5.74) is 0.552. The Morgan fingerprint density at radius 3 is 2.75 bits per heavy atom. The molecule has 0 bridgehead atoms. The van der Waals surface area contributed by atoms with E-state index in [-0.39, 0.29) is 12.4 Å². The van der Waals surface area contributed by atoms with E-state index >= 15 is 0 Å². The normalized spacial score (nSPS) is 17.3. The van der Waals surface area contributed by atoms with Crippen LogP contribution < -0.4 is 0 Å². The van der Waals surface area contributed by atoms with Crippen molar-refractivity contribution in [2.24, 2.45) is 0 Å². The molecule has 1 rings (SSSR count). The Balaban J connectivity index is 2.88. The van der Waals surface area contributed by atoms with Gasteiger partial charge in [0, 0.05) is 0 Å². The lowest BCUT2D eigenvalue weighted by atomic mass is 9.98. The first-order valence-electron chi connectivity index (χ1n) is 5.51. The van der Waals surface area contributed by atoms with E-state index in [1.807, 2.05) is 6.08 Å². The van der Waals surface area contributed by atoms with Crippen molar-refractivity contribution in [2.75, 3.05) is 13.7 Å². The average Bonchev–Trinajstić information content (AvgIpc) is 2.31. The molecule has 3 nitrogen and oxygen atoms in total. The third-order valence-corrected chi connectivity index (χ3v) is 2.44. The summed E-state index contributed by atoms with van der Waals surface area (Å²) in [7, 11) is 1.27. The highest BCUT2D eigenvalue weighted by atomic mass is 19.1. The van der Waals surface area contributed by atoms with E-state index in [0.717, 1.165) is 19.3 Å². The molecule has 1 aliphatic rings. The molecule has 90 valence electrons. The van der Waals surface area contributed by atoms with Gasteiger partial charge in [-0.3, -0.25) is 0 Å². The molecule has 0 aliphatic heterocycles. The van der Waals surface area contributed by atoms with Gasteiger partial charge in [-0.2, -0.15) is 0 Å². The summed E-state index contributed by atoms with van der Waals surface area (Å²) in [6, 6.07) is 0. The second kappa shape index (κ2) is 6.30. The number of methoxy groups -OCH3 is 1. The van der Waals surface area contributed by atoms with Gasteiger partial charge in [0.2, 0.25) is 5.76 Å². The Hall–Kier alpha value is -1.32. The topological polar surface area (TPSA) is 35.5 Å². The Morgan fingerprint density at radius 1 is 1.50 bits per heavy atom. The van der Waals surface area contributed by atoms with Crippen molar-refractivity contribution >= 4 is 5.97 Å². The van der Waals surface area contributed by atoms with Crippen molar-refractivity contribution in [2.45, 2.75) is 32.6 Å². The van der Waals surface area contributed by atoms with E-state index in [9.17, 15) is 9.18 Å². The molecule has 0 aromatic carbocycles. The summed E-state index contributed by atoms with van der Waals surface area (Å²) >= 11 is 0. The third kappa shape index (κ3) is 3.08. The number of halogens is 1. The first-order valence-corrected chi connectivity index (χ1v) is 5.51. The molecule has 0 atom stereocenters. The van der Waals surface area contributed by atoms with Gasteiger partial charge in [0.25, 0.3) is 0 Å². The maximum Gasteiger partial charge on any atom is 0.376 e. The molecule has 0 aromatic rings. The van der Waals surface area contributed by atoms with E-state index in [1.165, 1.54) is 7.11 Å². The predicted octanol–water partition coefficient (Wildman–Crippen LogP) is 2.88. The summed E-state index contributed by atoms with van der Waals surface area (Å²) in [6.07, 6.45) is 5.33. The van der Waals surface area contributed by atoms with Crippen LogP contribution in [0.4, 0.5) is 4.39 Å². The molecular weight excluding hydrogens is 211 g/mol. The van der Waals surface area contributed by atoms with E-state index in [0.29, 0.717) is 12.0 Å². The number of carbonyl (C=O) groups excluding carboxylic acids is 1. The first-order chi connectivity index (χ1) is 7.70. The number of hydrogen-bond acceptors (Lipinski definition) is 3. The van der Waals surface area contributed by atoms with Gasteiger partial charge in [-0.15, -0.1) is 0 Å². The van der Waals surface area contributed by atoms with Crippen LogP contribution in [0.15, 0.2) is 23.2 Å². The lowest BCUT2D eigenvalue weighted by Gasteiger charge is -2.13. The molecule has 0 radical (unpaired) electrons. The third-order valence-electron chi connectivity index (χ3n) is 2.44. The van der Waals surface area contributed by atoms with Crippen molar-refractivity contribution in [1.82, 2.24) is 0 Å². The molecule has 0 saturated carbocycles. The molecule has 0 N–H and O–H groups in total. The van der Waals surface area contributed by atoms with Crippen molar-refractivity contribution in [3.8, 4) is 0 Å². The highest BCUT2D eigenvalue weighted by Crippen LogP contribution is 2.27. The standard InChI is InChI=1S/C12H17FO3/c1-3-16-12(14)11(15-2)10(13)9-7-5-4-6-8-9/h7H,3-6,8H2,1-2H3/b11-10-. The SMILES string of the molecule is CCOC(=O)/C(OC)=C(/F)C1=CCCCC1. The molecule has 16 heavy (non-hydrogen) atoms. The van der Waals surface area contributed by atoms with Gasteiger partial charge in [0.1, 0.15) is 0 Å². The molecular formula is C12H17FO3. The number of ether oxygens (including phenoxy) is 2. The van der Waals surface area contributed by atoms with E-state index < -0.39 is 11.8 Å². The lowest BCUT2D eigenvalue weighted by Crippen LogP contribution is -2.12.